The summed E-state index contributed by atoms with van der Waals surface area (Å²) >= 11 is 0. The molecule has 0 aromatic heterocycles. The van der Waals surface area contributed by atoms with E-state index in [2.05, 4.69) is 10.6 Å². The maximum atomic E-state index is 13.3. The van der Waals surface area contributed by atoms with Gasteiger partial charge in [-0.3, -0.25) is 14.9 Å². The fourth-order valence-corrected chi connectivity index (χ4v) is 3.95. The molecule has 4 rings (SSSR count). The van der Waals surface area contributed by atoms with Crippen molar-refractivity contribution in [3.8, 4) is 11.5 Å². The maximum absolute atomic E-state index is 13.3. The Bertz CT molecular complexity index is 1440. The molecule has 4 aromatic rings. The van der Waals surface area contributed by atoms with Crippen molar-refractivity contribution in [3.63, 3.8) is 0 Å². The number of aromatic hydroxyl groups is 1. The molecule has 3 N–H and O–H groups in total. The molecule has 0 aliphatic carbocycles. The average Bonchev–Trinajstić information content (AvgIpc) is 2.89. The lowest BCUT2D eigenvalue weighted by molar-refractivity contribution is -0.137. The summed E-state index contributed by atoms with van der Waals surface area (Å²) in [5.41, 5.74) is -0.168. The molecule has 0 saturated heterocycles. The largest absolute Gasteiger partial charge is 0.502 e. The SMILES string of the molecule is COc1ccc(C(NC(C)c2cccc(C(F)(F)F)c2)c2cccc(Nc3c(O)c(=O)c3=O)c2)cc1. The van der Waals surface area contributed by atoms with Crippen LogP contribution < -0.4 is 26.2 Å². The molecule has 0 fully saturated rings. The molecule has 0 aliphatic rings. The monoisotopic (exact) mass is 496 g/mol. The molecule has 0 spiro atoms. The second-order valence-electron chi connectivity index (χ2n) is 8.35. The Hall–Kier alpha value is -4.11. The zero-order valence-electron chi connectivity index (χ0n) is 19.4. The summed E-state index contributed by atoms with van der Waals surface area (Å²) in [4.78, 5) is 23.1. The summed E-state index contributed by atoms with van der Waals surface area (Å²) < 4.78 is 45.0. The summed E-state index contributed by atoms with van der Waals surface area (Å²) in [6.45, 7) is 1.77. The van der Waals surface area contributed by atoms with Crippen molar-refractivity contribution in [2.75, 3.05) is 12.4 Å². The molecule has 2 atom stereocenters. The van der Waals surface area contributed by atoms with Crippen LogP contribution >= 0.6 is 0 Å². The summed E-state index contributed by atoms with van der Waals surface area (Å²) in [5.74, 6) is 0.0304. The quantitative estimate of drug-likeness (QED) is 0.291. The van der Waals surface area contributed by atoms with Gasteiger partial charge in [-0.15, -0.1) is 0 Å². The number of benzene rings is 3. The van der Waals surface area contributed by atoms with Gasteiger partial charge in [0, 0.05) is 11.7 Å². The van der Waals surface area contributed by atoms with Gasteiger partial charge in [0.05, 0.1) is 18.7 Å². The molecule has 0 amide bonds. The van der Waals surface area contributed by atoms with Crippen molar-refractivity contribution in [2.24, 2.45) is 0 Å². The number of ether oxygens (including phenoxy) is 1. The van der Waals surface area contributed by atoms with Crippen LogP contribution in [0, 0.1) is 0 Å². The summed E-state index contributed by atoms with van der Waals surface area (Å²) in [5, 5.41) is 15.8. The Balaban J connectivity index is 1.68. The van der Waals surface area contributed by atoms with E-state index in [1.165, 1.54) is 6.07 Å². The van der Waals surface area contributed by atoms with Crippen LogP contribution in [-0.2, 0) is 6.18 Å². The number of methoxy groups -OCH3 is 1. The van der Waals surface area contributed by atoms with E-state index in [0.29, 0.717) is 17.0 Å². The molecular formula is C27H23F3N2O4. The van der Waals surface area contributed by atoms with Gasteiger partial charge in [0.1, 0.15) is 11.4 Å². The standard InChI is InChI=1S/C27H23F3N2O4/c1-15(17-5-3-7-19(13-17)27(28,29)30)31-22(16-9-11-21(36-2)12-10-16)18-6-4-8-20(14-18)32-23-24(33)26(35)25(23)34/h3-15,22,31-33H,1-2H3. The van der Waals surface area contributed by atoms with Gasteiger partial charge >= 0.3 is 6.18 Å². The average molecular weight is 496 g/mol. The highest BCUT2D eigenvalue weighted by molar-refractivity contribution is 5.69. The van der Waals surface area contributed by atoms with Gasteiger partial charge in [-0.2, -0.15) is 13.2 Å². The second kappa shape index (κ2) is 9.87. The minimum atomic E-state index is -4.45. The van der Waals surface area contributed by atoms with E-state index in [9.17, 15) is 27.9 Å². The smallest absolute Gasteiger partial charge is 0.416 e. The molecule has 186 valence electrons. The summed E-state index contributed by atoms with van der Waals surface area (Å²) in [6.07, 6.45) is -4.45. The van der Waals surface area contributed by atoms with E-state index in [0.717, 1.165) is 23.3 Å². The molecule has 9 heteroatoms. The minimum absolute atomic E-state index is 0.177. The third kappa shape index (κ3) is 5.11. The molecule has 2 unspecified atom stereocenters. The van der Waals surface area contributed by atoms with Gasteiger partial charge in [-0.05, 0) is 60.0 Å². The fourth-order valence-electron chi connectivity index (χ4n) is 3.95. The topological polar surface area (TPSA) is 87.7 Å². The van der Waals surface area contributed by atoms with Crippen LogP contribution in [0.15, 0.2) is 82.4 Å². The zero-order valence-corrected chi connectivity index (χ0v) is 19.4. The Morgan fingerprint density at radius 1 is 0.861 bits per heavy atom. The number of halogens is 3. The van der Waals surface area contributed by atoms with Gasteiger partial charge < -0.3 is 15.2 Å². The number of anilines is 2. The fraction of sp³-hybridized carbons (Fsp3) is 0.185. The molecule has 0 saturated carbocycles. The highest BCUT2D eigenvalue weighted by Gasteiger charge is 2.31. The van der Waals surface area contributed by atoms with Crippen molar-refractivity contribution < 1.29 is 23.0 Å². The van der Waals surface area contributed by atoms with Crippen LogP contribution in [0.4, 0.5) is 24.5 Å². The lowest BCUT2D eigenvalue weighted by atomic mass is 9.95. The first kappa shape index (κ1) is 25.0. The number of hydrogen-bond acceptors (Lipinski definition) is 6. The molecule has 36 heavy (non-hydrogen) atoms. The number of alkyl halides is 3. The minimum Gasteiger partial charge on any atom is -0.502 e. The zero-order chi connectivity index (χ0) is 26.0. The summed E-state index contributed by atoms with van der Waals surface area (Å²) in [6, 6.07) is 18.4. The van der Waals surface area contributed by atoms with Crippen molar-refractivity contribution in [1.82, 2.24) is 5.32 Å². The van der Waals surface area contributed by atoms with E-state index < -0.39 is 40.4 Å². The van der Waals surface area contributed by atoms with Crippen molar-refractivity contribution in [2.45, 2.75) is 25.2 Å². The number of hydrogen-bond donors (Lipinski definition) is 3. The van der Waals surface area contributed by atoms with Crippen molar-refractivity contribution >= 4 is 11.4 Å². The van der Waals surface area contributed by atoms with Crippen LogP contribution in [0.1, 0.15) is 41.3 Å². The third-order valence-electron chi connectivity index (χ3n) is 5.95. The van der Waals surface area contributed by atoms with Gasteiger partial charge in [0.15, 0.2) is 5.75 Å². The Morgan fingerprint density at radius 3 is 2.17 bits per heavy atom. The van der Waals surface area contributed by atoms with Gasteiger partial charge in [-0.1, -0.05) is 36.4 Å². The highest BCUT2D eigenvalue weighted by atomic mass is 19.4. The van der Waals surface area contributed by atoms with E-state index in [1.54, 1.807) is 50.4 Å². The van der Waals surface area contributed by atoms with Crippen molar-refractivity contribution in [3.05, 3.63) is 115 Å². The lowest BCUT2D eigenvalue weighted by Gasteiger charge is -2.26. The Kier molecular flexibility index (Phi) is 6.85. The van der Waals surface area contributed by atoms with E-state index in [-0.39, 0.29) is 5.69 Å². The number of nitrogens with one attached hydrogen (secondary N) is 2. The molecule has 0 radical (unpaired) electrons. The van der Waals surface area contributed by atoms with Crippen LogP contribution in [0.2, 0.25) is 0 Å². The molecule has 0 heterocycles. The first-order valence-electron chi connectivity index (χ1n) is 11.0. The molecule has 6 nitrogen and oxygen atoms in total. The van der Waals surface area contributed by atoms with E-state index in [4.69, 9.17) is 4.74 Å². The molecular weight excluding hydrogens is 473 g/mol. The Labute approximate surface area is 204 Å². The van der Waals surface area contributed by atoms with E-state index >= 15 is 0 Å². The molecule has 0 aliphatic heterocycles. The predicted molar refractivity (Wildman–Crippen MR) is 131 cm³/mol. The second-order valence-corrected chi connectivity index (χ2v) is 8.35. The highest BCUT2D eigenvalue weighted by Crippen LogP contribution is 2.33. The predicted octanol–water partition coefficient (Wildman–Crippen LogP) is 5.20. The van der Waals surface area contributed by atoms with Gasteiger partial charge in [-0.25, -0.2) is 0 Å². The lowest BCUT2D eigenvalue weighted by Crippen LogP contribution is -2.32. The van der Waals surface area contributed by atoms with Gasteiger partial charge in [0.25, 0.3) is 10.9 Å². The third-order valence-corrected chi connectivity index (χ3v) is 5.95. The maximum Gasteiger partial charge on any atom is 0.416 e. The van der Waals surface area contributed by atoms with Crippen molar-refractivity contribution in [1.29, 1.82) is 0 Å². The van der Waals surface area contributed by atoms with Crippen LogP contribution in [0.5, 0.6) is 11.5 Å². The molecule has 4 aromatic carbocycles. The normalized spacial score (nSPS) is 13.4. The van der Waals surface area contributed by atoms with Crippen LogP contribution in [0.3, 0.4) is 0 Å². The van der Waals surface area contributed by atoms with E-state index in [1.807, 2.05) is 18.2 Å². The van der Waals surface area contributed by atoms with Crippen LogP contribution in [0.25, 0.3) is 0 Å². The number of rotatable bonds is 8. The van der Waals surface area contributed by atoms with Gasteiger partial charge in [0.2, 0.25) is 0 Å². The molecule has 0 bridgehead atoms. The first-order chi connectivity index (χ1) is 17.1. The summed E-state index contributed by atoms with van der Waals surface area (Å²) in [7, 11) is 1.55. The first-order valence-corrected chi connectivity index (χ1v) is 11.0. The Morgan fingerprint density at radius 2 is 1.53 bits per heavy atom. The van der Waals surface area contributed by atoms with Crippen LogP contribution in [-0.4, -0.2) is 12.2 Å².